The van der Waals surface area contributed by atoms with Crippen LogP contribution in [0.1, 0.15) is 28.8 Å². The van der Waals surface area contributed by atoms with Crippen molar-refractivity contribution < 1.29 is 14.3 Å². The number of halogens is 1. The van der Waals surface area contributed by atoms with Gasteiger partial charge in [0, 0.05) is 18.7 Å². The molecular weight excluding hydrogens is 294 g/mol. The fraction of sp³-hybridized carbons (Fsp3) is 0.429. The van der Waals surface area contributed by atoms with Crippen LogP contribution in [-0.4, -0.2) is 30.6 Å². The Balaban J connectivity index is 0.00000220. The normalized spacial score (nSPS) is 20.6. The van der Waals surface area contributed by atoms with Gasteiger partial charge in [-0.15, -0.1) is 12.4 Å². The molecule has 1 saturated heterocycles. The summed E-state index contributed by atoms with van der Waals surface area (Å²) in [6.07, 6.45) is 1.10. The summed E-state index contributed by atoms with van der Waals surface area (Å²) in [5.74, 6) is -0.590. The van der Waals surface area contributed by atoms with Crippen molar-refractivity contribution in [1.82, 2.24) is 5.32 Å². The van der Waals surface area contributed by atoms with Gasteiger partial charge in [-0.2, -0.15) is 0 Å². The SMILES string of the molecule is Cl.NC[C@H]1CC[C@@H](C(=O)NCc2ccc(C(N)=O)cc2)O1. The molecule has 0 aliphatic carbocycles. The maximum atomic E-state index is 11.9. The number of carbonyl (C=O) groups excluding carboxylic acids is 2. The molecule has 1 heterocycles. The predicted octanol–water partition coefficient (Wildman–Crippen LogP) is 0.330. The topological polar surface area (TPSA) is 107 Å². The van der Waals surface area contributed by atoms with Crippen molar-refractivity contribution in [3.8, 4) is 0 Å². The maximum absolute atomic E-state index is 11.9. The number of primary amides is 1. The molecule has 0 saturated carbocycles. The molecule has 0 spiro atoms. The first-order chi connectivity index (χ1) is 9.60. The minimum absolute atomic E-state index is 0. The van der Waals surface area contributed by atoms with Crippen molar-refractivity contribution in [3.63, 3.8) is 0 Å². The fourth-order valence-corrected chi connectivity index (χ4v) is 2.16. The van der Waals surface area contributed by atoms with Gasteiger partial charge in [0.1, 0.15) is 6.10 Å². The van der Waals surface area contributed by atoms with E-state index in [1.807, 2.05) is 0 Å². The lowest BCUT2D eigenvalue weighted by atomic mass is 10.1. The van der Waals surface area contributed by atoms with Gasteiger partial charge in [-0.3, -0.25) is 9.59 Å². The average Bonchev–Trinajstić information content (AvgIpc) is 2.94. The number of carbonyl (C=O) groups is 2. The molecule has 1 aromatic carbocycles. The zero-order valence-corrected chi connectivity index (χ0v) is 12.4. The van der Waals surface area contributed by atoms with E-state index in [0.29, 0.717) is 25.1 Å². The average molecular weight is 314 g/mol. The molecule has 1 fully saturated rings. The first-order valence-electron chi connectivity index (χ1n) is 6.62. The second-order valence-corrected chi connectivity index (χ2v) is 4.84. The molecule has 1 aromatic rings. The van der Waals surface area contributed by atoms with Crippen LogP contribution in [0, 0.1) is 0 Å². The Hall–Kier alpha value is -1.63. The summed E-state index contributed by atoms with van der Waals surface area (Å²) < 4.78 is 5.51. The third kappa shape index (κ3) is 4.70. The molecule has 0 radical (unpaired) electrons. The summed E-state index contributed by atoms with van der Waals surface area (Å²) in [4.78, 5) is 22.8. The number of nitrogens with one attached hydrogen (secondary N) is 1. The molecule has 0 aromatic heterocycles. The van der Waals surface area contributed by atoms with Crippen molar-refractivity contribution in [2.24, 2.45) is 11.5 Å². The summed E-state index contributed by atoms with van der Waals surface area (Å²) in [6, 6.07) is 6.80. The molecule has 0 bridgehead atoms. The van der Waals surface area contributed by atoms with Crippen LogP contribution in [0.2, 0.25) is 0 Å². The first-order valence-corrected chi connectivity index (χ1v) is 6.62. The van der Waals surface area contributed by atoms with Crippen LogP contribution in [0.15, 0.2) is 24.3 Å². The van der Waals surface area contributed by atoms with Crippen LogP contribution in [0.25, 0.3) is 0 Å². The van der Waals surface area contributed by atoms with Gasteiger partial charge in [0.2, 0.25) is 11.8 Å². The molecule has 2 rings (SSSR count). The molecule has 1 aliphatic heterocycles. The summed E-state index contributed by atoms with van der Waals surface area (Å²) in [5.41, 5.74) is 12.0. The highest BCUT2D eigenvalue weighted by atomic mass is 35.5. The van der Waals surface area contributed by atoms with E-state index in [-0.39, 0.29) is 24.4 Å². The Morgan fingerprint density at radius 2 is 1.90 bits per heavy atom. The predicted molar refractivity (Wildman–Crippen MR) is 81.0 cm³/mol. The lowest BCUT2D eigenvalue weighted by molar-refractivity contribution is -0.132. The number of ether oxygens (including phenoxy) is 1. The first kappa shape index (κ1) is 17.4. The number of hydrogen-bond acceptors (Lipinski definition) is 4. The van der Waals surface area contributed by atoms with Crippen molar-refractivity contribution in [1.29, 1.82) is 0 Å². The van der Waals surface area contributed by atoms with Crippen LogP contribution < -0.4 is 16.8 Å². The van der Waals surface area contributed by atoms with E-state index in [4.69, 9.17) is 16.2 Å². The molecule has 2 amide bonds. The number of benzene rings is 1. The van der Waals surface area contributed by atoms with E-state index < -0.39 is 12.0 Å². The zero-order valence-electron chi connectivity index (χ0n) is 11.6. The van der Waals surface area contributed by atoms with Gasteiger partial charge in [-0.1, -0.05) is 12.1 Å². The Morgan fingerprint density at radius 3 is 2.43 bits per heavy atom. The van der Waals surface area contributed by atoms with Crippen LogP contribution in [0.3, 0.4) is 0 Å². The van der Waals surface area contributed by atoms with E-state index >= 15 is 0 Å². The molecule has 1 aliphatic rings. The highest BCUT2D eigenvalue weighted by Gasteiger charge is 2.29. The second-order valence-electron chi connectivity index (χ2n) is 4.84. The number of amides is 2. The number of hydrogen-bond donors (Lipinski definition) is 3. The molecule has 5 N–H and O–H groups in total. The van der Waals surface area contributed by atoms with Gasteiger partial charge >= 0.3 is 0 Å². The van der Waals surface area contributed by atoms with Gasteiger partial charge in [0.15, 0.2) is 0 Å². The van der Waals surface area contributed by atoms with Gasteiger partial charge in [0.05, 0.1) is 6.10 Å². The standard InChI is InChI=1S/C14H19N3O3.ClH/c15-7-11-5-6-12(20-11)14(19)17-8-9-1-3-10(4-2-9)13(16)18;/h1-4,11-12H,5-8,15H2,(H2,16,18)(H,17,19);1H/t11-,12+;/m1./s1. The van der Waals surface area contributed by atoms with Gasteiger partial charge in [-0.05, 0) is 30.5 Å². The molecule has 6 nitrogen and oxygen atoms in total. The van der Waals surface area contributed by atoms with Crippen molar-refractivity contribution in [3.05, 3.63) is 35.4 Å². The smallest absolute Gasteiger partial charge is 0.249 e. The van der Waals surface area contributed by atoms with E-state index in [0.717, 1.165) is 12.0 Å². The Morgan fingerprint density at radius 1 is 1.24 bits per heavy atom. The van der Waals surface area contributed by atoms with Crippen LogP contribution >= 0.6 is 12.4 Å². The molecule has 0 unspecified atom stereocenters. The Labute approximate surface area is 129 Å². The monoisotopic (exact) mass is 313 g/mol. The highest BCUT2D eigenvalue weighted by molar-refractivity contribution is 5.92. The van der Waals surface area contributed by atoms with Crippen LogP contribution in [-0.2, 0) is 16.1 Å². The number of nitrogens with two attached hydrogens (primary N) is 2. The maximum Gasteiger partial charge on any atom is 0.249 e. The largest absolute Gasteiger partial charge is 0.366 e. The Bertz CT molecular complexity index is 493. The zero-order chi connectivity index (χ0) is 14.5. The third-order valence-electron chi connectivity index (χ3n) is 3.37. The third-order valence-corrected chi connectivity index (χ3v) is 3.37. The van der Waals surface area contributed by atoms with Crippen molar-refractivity contribution in [2.75, 3.05) is 6.54 Å². The number of rotatable bonds is 5. The molecule has 116 valence electrons. The van der Waals surface area contributed by atoms with Crippen LogP contribution in [0.4, 0.5) is 0 Å². The van der Waals surface area contributed by atoms with Gasteiger partial charge in [-0.25, -0.2) is 0 Å². The van der Waals surface area contributed by atoms with Gasteiger partial charge < -0.3 is 21.5 Å². The van der Waals surface area contributed by atoms with E-state index in [1.165, 1.54) is 0 Å². The molecule has 7 heteroatoms. The summed E-state index contributed by atoms with van der Waals surface area (Å²) in [6.45, 7) is 0.837. The lowest BCUT2D eigenvalue weighted by Crippen LogP contribution is -2.35. The highest BCUT2D eigenvalue weighted by Crippen LogP contribution is 2.18. The van der Waals surface area contributed by atoms with E-state index in [9.17, 15) is 9.59 Å². The van der Waals surface area contributed by atoms with E-state index in [2.05, 4.69) is 5.32 Å². The van der Waals surface area contributed by atoms with E-state index in [1.54, 1.807) is 24.3 Å². The summed E-state index contributed by atoms with van der Waals surface area (Å²) >= 11 is 0. The minimum Gasteiger partial charge on any atom is -0.366 e. The molecule has 21 heavy (non-hydrogen) atoms. The van der Waals surface area contributed by atoms with Gasteiger partial charge in [0.25, 0.3) is 0 Å². The molecule has 2 atom stereocenters. The summed E-state index contributed by atoms with van der Waals surface area (Å²) in [7, 11) is 0. The molecular formula is C14H20ClN3O3. The second kappa shape index (κ2) is 7.97. The van der Waals surface area contributed by atoms with Crippen LogP contribution in [0.5, 0.6) is 0 Å². The Kier molecular flexibility index (Phi) is 6.61. The fourth-order valence-electron chi connectivity index (χ4n) is 2.16. The lowest BCUT2D eigenvalue weighted by Gasteiger charge is -2.12. The quantitative estimate of drug-likeness (QED) is 0.728. The minimum atomic E-state index is -0.465. The summed E-state index contributed by atoms with van der Waals surface area (Å²) in [5, 5.41) is 2.81. The van der Waals surface area contributed by atoms with Crippen molar-refractivity contribution >= 4 is 24.2 Å². The van der Waals surface area contributed by atoms with Crippen molar-refractivity contribution in [2.45, 2.75) is 31.6 Å².